The van der Waals surface area contributed by atoms with E-state index in [9.17, 15) is 13.2 Å². The Kier molecular flexibility index (Phi) is 3.83. The summed E-state index contributed by atoms with van der Waals surface area (Å²) in [5.74, 6) is -1.18. The van der Waals surface area contributed by atoms with Crippen LogP contribution in [0.3, 0.4) is 0 Å². The predicted octanol–water partition coefficient (Wildman–Crippen LogP) is 2.60. The molecule has 1 saturated heterocycles. The fraction of sp³-hybridized carbons (Fsp3) is 0.462. The van der Waals surface area contributed by atoms with Crippen molar-refractivity contribution in [2.45, 2.75) is 37.1 Å². The number of carboxylic acids is 1. The summed E-state index contributed by atoms with van der Waals surface area (Å²) >= 11 is 5.96. The number of hydrogen-bond donors (Lipinski definition) is 1. The van der Waals surface area contributed by atoms with Crippen molar-refractivity contribution in [2.24, 2.45) is 0 Å². The van der Waals surface area contributed by atoms with Crippen molar-refractivity contribution in [3.05, 3.63) is 28.8 Å². The Morgan fingerprint density at radius 2 is 2.05 bits per heavy atom. The fourth-order valence-electron chi connectivity index (χ4n) is 2.48. The van der Waals surface area contributed by atoms with Crippen LogP contribution in [0.15, 0.2) is 23.1 Å². The van der Waals surface area contributed by atoms with Crippen LogP contribution >= 0.6 is 11.6 Å². The monoisotopic (exact) mass is 317 g/mol. The Bertz CT molecular complexity index is 654. The van der Waals surface area contributed by atoms with E-state index >= 15 is 0 Å². The van der Waals surface area contributed by atoms with E-state index in [0.717, 1.165) is 18.9 Å². The molecule has 2 rings (SSSR count). The molecule has 0 bridgehead atoms. The third kappa shape index (κ3) is 2.55. The van der Waals surface area contributed by atoms with Crippen LogP contribution in [0.25, 0.3) is 0 Å². The van der Waals surface area contributed by atoms with E-state index in [1.807, 2.05) is 13.8 Å². The number of halogens is 1. The largest absolute Gasteiger partial charge is 0.478 e. The van der Waals surface area contributed by atoms with Crippen LogP contribution in [-0.2, 0) is 10.0 Å². The predicted molar refractivity (Wildman–Crippen MR) is 75.6 cm³/mol. The van der Waals surface area contributed by atoms with Crippen LogP contribution < -0.4 is 0 Å². The van der Waals surface area contributed by atoms with E-state index in [2.05, 4.69) is 0 Å². The molecule has 5 nitrogen and oxygen atoms in total. The first-order valence-corrected chi connectivity index (χ1v) is 8.04. The maximum absolute atomic E-state index is 12.7. The Balaban J connectivity index is 2.55. The number of carbonyl (C=O) groups is 1. The first-order valence-electron chi connectivity index (χ1n) is 6.22. The van der Waals surface area contributed by atoms with Crippen LogP contribution in [0.4, 0.5) is 0 Å². The van der Waals surface area contributed by atoms with E-state index in [-0.39, 0.29) is 15.5 Å². The summed E-state index contributed by atoms with van der Waals surface area (Å²) in [6, 6.07) is 3.72. The van der Waals surface area contributed by atoms with E-state index in [1.54, 1.807) is 0 Å². The first-order chi connectivity index (χ1) is 9.16. The fourth-order valence-corrected chi connectivity index (χ4v) is 4.83. The molecule has 1 aromatic rings. The third-order valence-corrected chi connectivity index (χ3v) is 6.16. The lowest BCUT2D eigenvalue weighted by molar-refractivity contribution is 0.0696. The maximum Gasteiger partial charge on any atom is 0.335 e. The SMILES string of the molecule is CC1(C)CCCN1S(=O)(=O)c1cc(C(=O)O)ccc1Cl. The van der Waals surface area contributed by atoms with Gasteiger partial charge in [0.05, 0.1) is 10.6 Å². The minimum atomic E-state index is -3.79. The van der Waals surface area contributed by atoms with Gasteiger partial charge < -0.3 is 5.11 Å². The second-order valence-electron chi connectivity index (χ2n) is 5.44. The average molecular weight is 318 g/mol. The van der Waals surface area contributed by atoms with E-state index in [1.165, 1.54) is 16.4 Å². The lowest BCUT2D eigenvalue weighted by Gasteiger charge is -2.30. The molecular weight excluding hydrogens is 302 g/mol. The van der Waals surface area contributed by atoms with Gasteiger partial charge in [0.25, 0.3) is 0 Å². The summed E-state index contributed by atoms with van der Waals surface area (Å²) < 4.78 is 26.8. The van der Waals surface area contributed by atoms with Crippen molar-refractivity contribution in [3.63, 3.8) is 0 Å². The highest BCUT2D eigenvalue weighted by Crippen LogP contribution is 2.36. The third-order valence-electron chi connectivity index (χ3n) is 3.57. The minimum Gasteiger partial charge on any atom is -0.478 e. The number of hydrogen-bond acceptors (Lipinski definition) is 3. The highest BCUT2D eigenvalue weighted by molar-refractivity contribution is 7.89. The summed E-state index contributed by atoms with van der Waals surface area (Å²) in [6.45, 7) is 4.13. The lowest BCUT2D eigenvalue weighted by atomic mass is 10.0. The van der Waals surface area contributed by atoms with Crippen LogP contribution in [-0.4, -0.2) is 35.9 Å². The number of sulfonamides is 1. The molecule has 20 heavy (non-hydrogen) atoms. The smallest absolute Gasteiger partial charge is 0.335 e. The van der Waals surface area contributed by atoms with Crippen LogP contribution in [0.5, 0.6) is 0 Å². The molecule has 0 saturated carbocycles. The molecule has 0 aromatic heterocycles. The zero-order valence-corrected chi connectivity index (χ0v) is 12.8. The van der Waals surface area contributed by atoms with Gasteiger partial charge in [0.15, 0.2) is 0 Å². The second-order valence-corrected chi connectivity index (χ2v) is 7.68. The molecule has 7 heteroatoms. The van der Waals surface area contributed by atoms with Crippen molar-refractivity contribution < 1.29 is 18.3 Å². The van der Waals surface area contributed by atoms with Gasteiger partial charge in [-0.3, -0.25) is 0 Å². The molecule has 1 aliphatic rings. The van der Waals surface area contributed by atoms with Crippen molar-refractivity contribution in [2.75, 3.05) is 6.54 Å². The molecule has 1 N–H and O–H groups in total. The standard InChI is InChI=1S/C13H16ClNO4S/c1-13(2)6-3-7-15(13)20(18,19)11-8-9(12(16)17)4-5-10(11)14/h4-5,8H,3,6-7H2,1-2H3,(H,16,17). The number of rotatable bonds is 3. The Morgan fingerprint density at radius 3 is 2.55 bits per heavy atom. The quantitative estimate of drug-likeness (QED) is 0.929. The highest BCUT2D eigenvalue weighted by atomic mass is 35.5. The molecule has 0 spiro atoms. The average Bonchev–Trinajstić information content (AvgIpc) is 2.69. The molecule has 0 unspecified atom stereocenters. The van der Waals surface area contributed by atoms with Gasteiger partial charge in [-0.25, -0.2) is 13.2 Å². The van der Waals surface area contributed by atoms with E-state index in [4.69, 9.17) is 16.7 Å². The molecule has 1 aromatic carbocycles. The summed E-state index contributed by atoms with van der Waals surface area (Å²) in [7, 11) is -3.79. The molecule has 0 atom stereocenters. The molecular formula is C13H16ClNO4S. The Morgan fingerprint density at radius 1 is 1.40 bits per heavy atom. The topological polar surface area (TPSA) is 74.7 Å². The Labute approximate surface area is 123 Å². The summed E-state index contributed by atoms with van der Waals surface area (Å²) in [4.78, 5) is 10.8. The van der Waals surface area contributed by atoms with Gasteiger partial charge in [-0.15, -0.1) is 0 Å². The van der Waals surface area contributed by atoms with Gasteiger partial charge in [-0.05, 0) is 44.9 Å². The normalized spacial score (nSPS) is 19.1. The molecule has 110 valence electrons. The van der Waals surface area contributed by atoms with Crippen molar-refractivity contribution >= 4 is 27.6 Å². The van der Waals surface area contributed by atoms with E-state index < -0.39 is 21.5 Å². The Hall–Kier alpha value is -1.11. The van der Waals surface area contributed by atoms with Gasteiger partial charge in [0.1, 0.15) is 4.90 Å². The number of benzene rings is 1. The van der Waals surface area contributed by atoms with E-state index in [0.29, 0.717) is 6.54 Å². The molecule has 1 aliphatic heterocycles. The summed E-state index contributed by atoms with van der Waals surface area (Å²) in [5, 5.41) is 9.02. The lowest BCUT2D eigenvalue weighted by Crippen LogP contribution is -2.42. The zero-order chi connectivity index (χ0) is 15.1. The van der Waals surface area contributed by atoms with Gasteiger partial charge in [-0.2, -0.15) is 4.31 Å². The van der Waals surface area contributed by atoms with Gasteiger partial charge in [0.2, 0.25) is 10.0 Å². The molecule has 0 amide bonds. The highest BCUT2D eigenvalue weighted by Gasteiger charge is 2.41. The second kappa shape index (κ2) is 5.02. The number of carboxylic acid groups (broad SMARTS) is 1. The summed E-state index contributed by atoms with van der Waals surface area (Å²) in [6.07, 6.45) is 1.55. The van der Waals surface area contributed by atoms with Crippen LogP contribution in [0.2, 0.25) is 5.02 Å². The van der Waals surface area contributed by atoms with Crippen molar-refractivity contribution in [3.8, 4) is 0 Å². The van der Waals surface area contributed by atoms with Gasteiger partial charge in [0, 0.05) is 12.1 Å². The molecule has 1 fully saturated rings. The molecule has 1 heterocycles. The van der Waals surface area contributed by atoms with Crippen LogP contribution in [0.1, 0.15) is 37.0 Å². The number of nitrogens with zero attached hydrogens (tertiary/aromatic N) is 1. The molecule has 0 radical (unpaired) electrons. The first kappa shape index (κ1) is 15.3. The summed E-state index contributed by atoms with van der Waals surface area (Å²) in [5.41, 5.74) is -0.577. The van der Waals surface area contributed by atoms with Crippen LogP contribution in [0, 0.1) is 0 Å². The number of aromatic carboxylic acids is 1. The van der Waals surface area contributed by atoms with Gasteiger partial charge >= 0.3 is 5.97 Å². The zero-order valence-electron chi connectivity index (χ0n) is 11.3. The van der Waals surface area contributed by atoms with Crippen molar-refractivity contribution in [1.29, 1.82) is 0 Å². The maximum atomic E-state index is 12.7. The minimum absolute atomic E-state index is 0.0395. The molecule has 0 aliphatic carbocycles. The van der Waals surface area contributed by atoms with Gasteiger partial charge in [-0.1, -0.05) is 11.6 Å². The van der Waals surface area contributed by atoms with Crippen molar-refractivity contribution in [1.82, 2.24) is 4.31 Å².